The van der Waals surface area contributed by atoms with Crippen molar-refractivity contribution < 1.29 is 27.1 Å². The first-order valence-electron chi connectivity index (χ1n) is 5.72. The van der Waals surface area contributed by atoms with Gasteiger partial charge in [0, 0.05) is 5.56 Å². The van der Waals surface area contributed by atoms with Gasteiger partial charge in [-0.25, -0.2) is 9.78 Å². The lowest BCUT2D eigenvalue weighted by atomic mass is 10.1. The molecule has 0 spiro atoms. The van der Waals surface area contributed by atoms with Crippen LogP contribution in [0.3, 0.4) is 0 Å². The highest BCUT2D eigenvalue weighted by Crippen LogP contribution is 2.32. The van der Waals surface area contributed by atoms with Crippen LogP contribution < -0.4 is 0 Å². The van der Waals surface area contributed by atoms with Gasteiger partial charge in [0.15, 0.2) is 5.76 Å². The number of carbonyl (C=O) groups excluding carboxylic acids is 1. The fraction of sp³-hybridized carbons (Fsp3) is 0.231. The minimum Gasteiger partial charge on any atom is -0.459 e. The largest absolute Gasteiger partial charge is 0.459 e. The van der Waals surface area contributed by atoms with Gasteiger partial charge in [0.1, 0.15) is 0 Å². The second-order valence-electron chi connectivity index (χ2n) is 3.83. The summed E-state index contributed by atoms with van der Waals surface area (Å²) in [4.78, 5) is 15.0. The summed E-state index contributed by atoms with van der Waals surface area (Å²) in [5, 5.41) is 0. The van der Waals surface area contributed by atoms with Crippen LogP contribution >= 0.6 is 0 Å². The maximum Gasteiger partial charge on any atom is 0.416 e. The van der Waals surface area contributed by atoms with Crippen LogP contribution in [0.4, 0.5) is 13.2 Å². The molecule has 0 amide bonds. The van der Waals surface area contributed by atoms with Crippen molar-refractivity contribution in [2.75, 3.05) is 6.61 Å². The fourth-order valence-electron chi connectivity index (χ4n) is 1.54. The van der Waals surface area contributed by atoms with Crippen molar-refractivity contribution in [3.8, 4) is 11.3 Å². The molecular weight excluding hydrogens is 275 g/mol. The number of aromatic nitrogens is 1. The molecule has 7 heteroatoms. The average molecular weight is 285 g/mol. The van der Waals surface area contributed by atoms with Gasteiger partial charge in [-0.15, -0.1) is 0 Å². The summed E-state index contributed by atoms with van der Waals surface area (Å²) in [6.45, 7) is 1.77. The number of halogens is 3. The molecule has 0 aliphatic rings. The van der Waals surface area contributed by atoms with E-state index in [4.69, 9.17) is 4.42 Å². The topological polar surface area (TPSA) is 52.3 Å². The first-order valence-corrected chi connectivity index (χ1v) is 5.72. The minimum absolute atomic E-state index is 0.0687. The lowest BCUT2D eigenvalue weighted by Gasteiger charge is -2.07. The minimum atomic E-state index is -4.44. The van der Waals surface area contributed by atoms with Gasteiger partial charge in [0.25, 0.3) is 0 Å². The van der Waals surface area contributed by atoms with Crippen LogP contribution in [0.5, 0.6) is 0 Å². The maximum absolute atomic E-state index is 12.6. The molecule has 0 N–H and O–H groups in total. The third-order valence-corrected chi connectivity index (χ3v) is 2.43. The Morgan fingerprint density at radius 2 is 2.15 bits per heavy atom. The molecule has 0 aliphatic heterocycles. The van der Waals surface area contributed by atoms with Crippen LogP contribution in [0.1, 0.15) is 23.2 Å². The third kappa shape index (κ3) is 2.98. The highest BCUT2D eigenvalue weighted by atomic mass is 19.4. The predicted octanol–water partition coefficient (Wildman–Crippen LogP) is 3.54. The number of ether oxygens (including phenoxy) is 1. The Morgan fingerprint density at radius 3 is 2.80 bits per heavy atom. The molecule has 0 radical (unpaired) electrons. The third-order valence-electron chi connectivity index (χ3n) is 2.43. The fourth-order valence-corrected chi connectivity index (χ4v) is 1.54. The molecule has 0 fully saturated rings. The second-order valence-corrected chi connectivity index (χ2v) is 3.83. The molecule has 0 unspecified atom stereocenters. The van der Waals surface area contributed by atoms with Gasteiger partial charge in [-0.1, -0.05) is 12.1 Å². The Labute approximate surface area is 112 Å². The number of carbonyl (C=O) groups is 1. The molecule has 1 heterocycles. The van der Waals surface area contributed by atoms with Crippen LogP contribution in [0.25, 0.3) is 11.3 Å². The summed E-state index contributed by atoms with van der Waals surface area (Å²) in [6, 6.07) is 4.57. The number of rotatable bonds is 3. The van der Waals surface area contributed by atoms with Crippen molar-refractivity contribution in [2.45, 2.75) is 13.1 Å². The highest BCUT2D eigenvalue weighted by molar-refractivity contribution is 5.84. The first kappa shape index (κ1) is 14.1. The number of hydrogen-bond acceptors (Lipinski definition) is 4. The summed E-state index contributed by atoms with van der Waals surface area (Å²) < 4.78 is 47.6. The van der Waals surface area contributed by atoms with Gasteiger partial charge in [-0.2, -0.15) is 13.2 Å². The Kier molecular flexibility index (Phi) is 3.78. The Hall–Kier alpha value is -2.31. The molecule has 0 saturated carbocycles. The van der Waals surface area contributed by atoms with Crippen LogP contribution in [-0.4, -0.2) is 17.6 Å². The summed E-state index contributed by atoms with van der Waals surface area (Å²) >= 11 is 0. The van der Waals surface area contributed by atoms with E-state index in [-0.39, 0.29) is 23.8 Å². The number of alkyl halides is 3. The Morgan fingerprint density at radius 1 is 1.40 bits per heavy atom. The molecule has 2 aromatic rings. The number of esters is 1. The van der Waals surface area contributed by atoms with Gasteiger partial charge in [-0.05, 0) is 19.1 Å². The van der Waals surface area contributed by atoms with Crippen molar-refractivity contribution in [2.24, 2.45) is 0 Å². The van der Waals surface area contributed by atoms with E-state index in [1.54, 1.807) is 6.92 Å². The van der Waals surface area contributed by atoms with Gasteiger partial charge in [0.2, 0.25) is 0 Å². The zero-order chi connectivity index (χ0) is 14.8. The van der Waals surface area contributed by atoms with Crippen molar-refractivity contribution in [3.05, 3.63) is 41.9 Å². The smallest absolute Gasteiger partial charge is 0.416 e. The summed E-state index contributed by atoms with van der Waals surface area (Å²) in [5.41, 5.74) is -0.619. The van der Waals surface area contributed by atoms with Crippen molar-refractivity contribution in [1.29, 1.82) is 0 Å². The van der Waals surface area contributed by atoms with Crippen molar-refractivity contribution in [3.63, 3.8) is 0 Å². The molecule has 1 aromatic heterocycles. The number of nitrogens with zero attached hydrogens (tertiary/aromatic N) is 1. The summed E-state index contributed by atoms with van der Waals surface area (Å²) in [6.07, 6.45) is -3.26. The van der Waals surface area contributed by atoms with E-state index in [0.29, 0.717) is 0 Å². The summed E-state index contributed by atoms with van der Waals surface area (Å²) in [7, 11) is 0. The molecule has 2 rings (SSSR count). The molecule has 4 nitrogen and oxygen atoms in total. The Balaban J connectivity index is 2.31. The molecule has 1 aromatic carbocycles. The quantitative estimate of drug-likeness (QED) is 0.809. The van der Waals surface area contributed by atoms with E-state index < -0.39 is 17.7 Å². The number of benzene rings is 1. The van der Waals surface area contributed by atoms with Gasteiger partial charge >= 0.3 is 18.0 Å². The standard InChI is InChI=1S/C13H10F3NO3/c1-2-19-12(18)11-17-7-10(20-11)8-4-3-5-9(6-8)13(14,15)16/h3-7H,2H2,1H3. The second kappa shape index (κ2) is 5.36. The lowest BCUT2D eigenvalue weighted by Crippen LogP contribution is -2.04. The first-order chi connectivity index (χ1) is 9.41. The van der Waals surface area contributed by atoms with Gasteiger partial charge < -0.3 is 9.15 Å². The molecule has 0 bridgehead atoms. The zero-order valence-electron chi connectivity index (χ0n) is 10.4. The van der Waals surface area contributed by atoms with E-state index >= 15 is 0 Å². The highest BCUT2D eigenvalue weighted by Gasteiger charge is 2.30. The lowest BCUT2D eigenvalue weighted by molar-refractivity contribution is -0.137. The van der Waals surface area contributed by atoms with Crippen LogP contribution in [0, 0.1) is 0 Å². The van der Waals surface area contributed by atoms with Gasteiger partial charge in [-0.3, -0.25) is 0 Å². The van der Waals surface area contributed by atoms with Crippen molar-refractivity contribution >= 4 is 5.97 Å². The zero-order valence-corrected chi connectivity index (χ0v) is 10.4. The molecular formula is C13H10F3NO3. The van der Waals surface area contributed by atoms with E-state index in [1.165, 1.54) is 18.3 Å². The van der Waals surface area contributed by atoms with Crippen LogP contribution in [-0.2, 0) is 10.9 Å². The number of oxazole rings is 1. The molecule has 20 heavy (non-hydrogen) atoms. The monoisotopic (exact) mass is 285 g/mol. The molecule has 0 saturated heterocycles. The molecule has 0 atom stereocenters. The molecule has 0 aliphatic carbocycles. The van der Waals surface area contributed by atoms with E-state index in [9.17, 15) is 18.0 Å². The molecule has 106 valence electrons. The SMILES string of the molecule is CCOC(=O)c1ncc(-c2cccc(C(F)(F)F)c2)o1. The number of hydrogen-bond donors (Lipinski definition) is 0. The Bertz CT molecular complexity index is 619. The normalized spacial score (nSPS) is 11.4. The van der Waals surface area contributed by atoms with E-state index in [1.807, 2.05) is 0 Å². The summed E-state index contributed by atoms with van der Waals surface area (Å²) in [5.74, 6) is -0.982. The van der Waals surface area contributed by atoms with Crippen LogP contribution in [0.15, 0.2) is 34.9 Å². The van der Waals surface area contributed by atoms with E-state index in [2.05, 4.69) is 9.72 Å². The van der Waals surface area contributed by atoms with Crippen molar-refractivity contribution in [1.82, 2.24) is 4.98 Å². The van der Waals surface area contributed by atoms with Gasteiger partial charge in [0.05, 0.1) is 18.4 Å². The van der Waals surface area contributed by atoms with Crippen LogP contribution in [0.2, 0.25) is 0 Å². The average Bonchev–Trinajstić information content (AvgIpc) is 2.88. The predicted molar refractivity (Wildman–Crippen MR) is 62.9 cm³/mol. The van der Waals surface area contributed by atoms with E-state index in [0.717, 1.165) is 12.1 Å². The maximum atomic E-state index is 12.6.